The molecular formula is C12H19NO2S. The van der Waals surface area contributed by atoms with E-state index in [9.17, 15) is 0 Å². The maximum atomic E-state index is 5.66. The third-order valence-electron chi connectivity index (χ3n) is 3.00. The SMILES string of the molecule is COc1sc(OC)c(CC2CC2)c1CCN. The second kappa shape index (κ2) is 5.06. The molecule has 1 aromatic rings. The highest BCUT2D eigenvalue weighted by Crippen LogP contribution is 2.45. The molecule has 16 heavy (non-hydrogen) atoms. The Kier molecular flexibility index (Phi) is 3.71. The average molecular weight is 241 g/mol. The standard InChI is InChI=1S/C12H19NO2S/c1-14-11-9(5-6-13)10(7-8-3-4-8)12(15-2)16-11/h8H,3-7,13H2,1-2H3. The number of thiophene rings is 1. The third-order valence-corrected chi connectivity index (χ3v) is 4.19. The van der Waals surface area contributed by atoms with Crippen LogP contribution in [0.3, 0.4) is 0 Å². The Morgan fingerprint density at radius 3 is 2.31 bits per heavy atom. The monoisotopic (exact) mass is 241 g/mol. The van der Waals surface area contributed by atoms with Gasteiger partial charge in [0.15, 0.2) is 10.1 Å². The molecule has 1 aromatic heterocycles. The predicted molar refractivity (Wildman–Crippen MR) is 66.6 cm³/mol. The molecule has 1 saturated carbocycles. The van der Waals surface area contributed by atoms with E-state index in [1.807, 2.05) is 0 Å². The maximum Gasteiger partial charge on any atom is 0.180 e. The van der Waals surface area contributed by atoms with Gasteiger partial charge in [-0.25, -0.2) is 0 Å². The number of ether oxygens (including phenoxy) is 2. The Balaban J connectivity index is 2.30. The van der Waals surface area contributed by atoms with Gasteiger partial charge in [-0.1, -0.05) is 11.3 Å². The molecule has 2 rings (SSSR count). The van der Waals surface area contributed by atoms with E-state index in [2.05, 4.69) is 0 Å². The summed E-state index contributed by atoms with van der Waals surface area (Å²) in [5.74, 6) is 0.852. The molecule has 1 heterocycles. The summed E-state index contributed by atoms with van der Waals surface area (Å²) >= 11 is 1.60. The van der Waals surface area contributed by atoms with Crippen molar-refractivity contribution in [2.75, 3.05) is 20.8 Å². The molecule has 0 atom stereocenters. The van der Waals surface area contributed by atoms with Crippen LogP contribution >= 0.6 is 11.3 Å². The van der Waals surface area contributed by atoms with E-state index < -0.39 is 0 Å². The molecule has 0 bridgehead atoms. The first kappa shape index (κ1) is 11.7. The summed E-state index contributed by atoms with van der Waals surface area (Å²) in [7, 11) is 3.44. The summed E-state index contributed by atoms with van der Waals surface area (Å²) in [6, 6.07) is 0. The average Bonchev–Trinajstić information content (AvgIpc) is 3.04. The lowest BCUT2D eigenvalue weighted by atomic mass is 10.0. The largest absolute Gasteiger partial charge is 0.487 e. The zero-order chi connectivity index (χ0) is 11.5. The Labute approximate surface area is 101 Å². The molecule has 4 heteroatoms. The van der Waals surface area contributed by atoms with Crippen LogP contribution in [0.25, 0.3) is 0 Å². The van der Waals surface area contributed by atoms with Crippen LogP contribution in [0.1, 0.15) is 24.0 Å². The Morgan fingerprint density at radius 1 is 1.19 bits per heavy atom. The lowest BCUT2D eigenvalue weighted by Crippen LogP contribution is -2.05. The number of methoxy groups -OCH3 is 2. The van der Waals surface area contributed by atoms with Crippen molar-refractivity contribution in [1.82, 2.24) is 0 Å². The molecule has 2 N–H and O–H groups in total. The minimum Gasteiger partial charge on any atom is -0.487 e. The first-order valence-electron chi connectivity index (χ1n) is 5.72. The number of rotatable bonds is 6. The van der Waals surface area contributed by atoms with Crippen molar-refractivity contribution in [3.8, 4) is 10.1 Å². The van der Waals surface area contributed by atoms with Crippen molar-refractivity contribution in [1.29, 1.82) is 0 Å². The van der Waals surface area contributed by atoms with E-state index in [0.717, 1.165) is 28.9 Å². The number of hydrogen-bond donors (Lipinski definition) is 1. The van der Waals surface area contributed by atoms with Crippen molar-refractivity contribution in [2.24, 2.45) is 11.7 Å². The van der Waals surface area contributed by atoms with Gasteiger partial charge in [-0.2, -0.15) is 0 Å². The number of nitrogens with two attached hydrogens (primary N) is 1. The normalized spacial score (nSPS) is 15.2. The molecule has 0 radical (unpaired) electrons. The Morgan fingerprint density at radius 2 is 1.81 bits per heavy atom. The van der Waals surface area contributed by atoms with Gasteiger partial charge < -0.3 is 15.2 Å². The molecule has 0 unspecified atom stereocenters. The quantitative estimate of drug-likeness (QED) is 0.830. The molecule has 1 fully saturated rings. The van der Waals surface area contributed by atoms with Gasteiger partial charge in [-0.15, -0.1) is 0 Å². The van der Waals surface area contributed by atoms with Crippen LogP contribution in [0.5, 0.6) is 10.1 Å². The van der Waals surface area contributed by atoms with Gasteiger partial charge in [0.25, 0.3) is 0 Å². The molecule has 3 nitrogen and oxygen atoms in total. The van der Waals surface area contributed by atoms with Crippen LogP contribution in [0.2, 0.25) is 0 Å². The molecule has 1 aliphatic carbocycles. The molecule has 1 aliphatic rings. The van der Waals surface area contributed by atoms with E-state index in [4.69, 9.17) is 15.2 Å². The maximum absolute atomic E-state index is 5.66. The van der Waals surface area contributed by atoms with Crippen LogP contribution in [-0.4, -0.2) is 20.8 Å². The van der Waals surface area contributed by atoms with Gasteiger partial charge in [0, 0.05) is 11.1 Å². The smallest absolute Gasteiger partial charge is 0.180 e. The summed E-state index contributed by atoms with van der Waals surface area (Å²) in [4.78, 5) is 0. The van der Waals surface area contributed by atoms with Crippen LogP contribution in [-0.2, 0) is 12.8 Å². The summed E-state index contributed by atoms with van der Waals surface area (Å²) < 4.78 is 10.8. The molecule has 0 spiro atoms. The highest BCUT2D eigenvalue weighted by molar-refractivity contribution is 7.16. The van der Waals surface area contributed by atoms with Crippen molar-refractivity contribution in [2.45, 2.75) is 25.7 Å². The van der Waals surface area contributed by atoms with Crippen LogP contribution in [0.4, 0.5) is 0 Å². The van der Waals surface area contributed by atoms with Gasteiger partial charge in [0.1, 0.15) is 0 Å². The van der Waals surface area contributed by atoms with Crippen molar-refractivity contribution < 1.29 is 9.47 Å². The van der Waals surface area contributed by atoms with Gasteiger partial charge >= 0.3 is 0 Å². The lowest BCUT2D eigenvalue weighted by molar-refractivity contribution is 0.421. The van der Waals surface area contributed by atoms with E-state index >= 15 is 0 Å². The van der Waals surface area contributed by atoms with E-state index in [0.29, 0.717) is 6.54 Å². The molecular weight excluding hydrogens is 222 g/mol. The minimum absolute atomic E-state index is 0.661. The summed E-state index contributed by atoms with van der Waals surface area (Å²) in [5.41, 5.74) is 8.25. The highest BCUT2D eigenvalue weighted by atomic mass is 32.1. The van der Waals surface area contributed by atoms with Gasteiger partial charge in [-0.3, -0.25) is 0 Å². The molecule has 0 aliphatic heterocycles. The molecule has 90 valence electrons. The predicted octanol–water partition coefficient (Wildman–Crippen LogP) is 2.22. The van der Waals surface area contributed by atoms with Gasteiger partial charge in [0.05, 0.1) is 14.2 Å². The van der Waals surface area contributed by atoms with Gasteiger partial charge in [-0.05, 0) is 38.1 Å². The second-order valence-corrected chi connectivity index (χ2v) is 5.17. The minimum atomic E-state index is 0.661. The fourth-order valence-electron chi connectivity index (χ4n) is 2.00. The number of hydrogen-bond acceptors (Lipinski definition) is 4. The Bertz CT molecular complexity index is 358. The van der Waals surface area contributed by atoms with Crippen molar-refractivity contribution >= 4 is 11.3 Å². The third kappa shape index (κ3) is 2.33. The first-order valence-corrected chi connectivity index (χ1v) is 6.54. The van der Waals surface area contributed by atoms with E-state index in [1.54, 1.807) is 25.6 Å². The second-order valence-electron chi connectivity index (χ2n) is 4.23. The topological polar surface area (TPSA) is 44.5 Å². The molecule has 0 aromatic carbocycles. The molecule has 0 saturated heterocycles. The first-order chi connectivity index (χ1) is 7.80. The fourth-order valence-corrected chi connectivity index (χ4v) is 3.01. The summed E-state index contributed by atoms with van der Waals surface area (Å²) in [6.45, 7) is 0.661. The van der Waals surface area contributed by atoms with Crippen LogP contribution < -0.4 is 15.2 Å². The summed E-state index contributed by atoms with van der Waals surface area (Å²) in [5, 5.41) is 1.98. The van der Waals surface area contributed by atoms with Crippen LogP contribution in [0.15, 0.2) is 0 Å². The summed E-state index contributed by atoms with van der Waals surface area (Å²) in [6.07, 6.45) is 4.70. The van der Waals surface area contributed by atoms with E-state index in [-0.39, 0.29) is 0 Å². The highest BCUT2D eigenvalue weighted by Gasteiger charge is 2.27. The fraction of sp³-hybridized carbons (Fsp3) is 0.667. The molecule has 0 amide bonds. The van der Waals surface area contributed by atoms with E-state index in [1.165, 1.54) is 24.0 Å². The zero-order valence-corrected chi connectivity index (χ0v) is 10.7. The lowest BCUT2D eigenvalue weighted by Gasteiger charge is -2.06. The Hall–Kier alpha value is -0.740. The van der Waals surface area contributed by atoms with Crippen molar-refractivity contribution in [3.05, 3.63) is 11.1 Å². The van der Waals surface area contributed by atoms with Crippen molar-refractivity contribution in [3.63, 3.8) is 0 Å². The zero-order valence-electron chi connectivity index (χ0n) is 9.91. The van der Waals surface area contributed by atoms with Gasteiger partial charge in [0.2, 0.25) is 0 Å². The van der Waals surface area contributed by atoms with Crippen LogP contribution in [0, 0.1) is 5.92 Å².